The lowest BCUT2D eigenvalue weighted by atomic mass is 9.87. The average molecular weight is 246 g/mol. The molecule has 0 radical (unpaired) electrons. The van der Waals surface area contributed by atoms with Crippen molar-refractivity contribution in [2.45, 2.75) is 57.0 Å². The highest BCUT2D eigenvalue weighted by atomic mass is 35.5. The molecule has 0 bridgehead atoms. The second kappa shape index (κ2) is 5.70. The Bertz CT molecular complexity index is 214. The van der Waals surface area contributed by atoms with Gasteiger partial charge in [0.1, 0.15) is 6.17 Å². The van der Waals surface area contributed by atoms with E-state index in [0.29, 0.717) is 17.5 Å². The molecule has 3 atom stereocenters. The average Bonchev–Trinajstić information content (AvgIpc) is 2.28. The lowest BCUT2D eigenvalue weighted by Crippen LogP contribution is -3.19. The summed E-state index contributed by atoms with van der Waals surface area (Å²) in [6.45, 7) is 4.88. The molecule has 3 unspecified atom stereocenters. The molecular weight excluding hydrogens is 220 g/mol. The Kier molecular flexibility index (Phi) is 4.51. The van der Waals surface area contributed by atoms with E-state index in [1.807, 2.05) is 0 Å². The minimum Gasteiger partial charge on any atom is -0.320 e. The first kappa shape index (κ1) is 12.7. The standard InChI is InChI=1S/C13H25ClN2/c1-10-3-2-8-16(13(10)15)9-11-4-6-12(14)7-5-11/h10-13H,2-9,15H2,1H3/p+1. The van der Waals surface area contributed by atoms with Crippen molar-refractivity contribution in [3.05, 3.63) is 0 Å². The molecule has 0 aromatic rings. The van der Waals surface area contributed by atoms with E-state index in [2.05, 4.69) is 6.92 Å². The summed E-state index contributed by atoms with van der Waals surface area (Å²) in [5.41, 5.74) is 6.30. The minimum absolute atomic E-state index is 0.377. The Labute approximate surface area is 105 Å². The van der Waals surface area contributed by atoms with Crippen LogP contribution in [0.5, 0.6) is 0 Å². The van der Waals surface area contributed by atoms with Crippen molar-refractivity contribution < 1.29 is 4.90 Å². The van der Waals surface area contributed by atoms with Crippen molar-refractivity contribution in [3.63, 3.8) is 0 Å². The molecule has 2 aliphatic rings. The number of quaternary nitrogens is 1. The second-order valence-corrected chi connectivity index (χ2v) is 6.49. The maximum Gasteiger partial charge on any atom is 0.141 e. The van der Waals surface area contributed by atoms with Crippen LogP contribution in [-0.4, -0.2) is 24.6 Å². The number of hydrogen-bond donors (Lipinski definition) is 2. The first-order chi connectivity index (χ1) is 7.66. The number of likely N-dealkylation sites (tertiary alicyclic amines) is 1. The third-order valence-corrected chi connectivity index (χ3v) is 5.01. The maximum absolute atomic E-state index is 6.30. The van der Waals surface area contributed by atoms with Crippen LogP contribution in [0.2, 0.25) is 0 Å². The van der Waals surface area contributed by atoms with Crippen molar-refractivity contribution in [2.75, 3.05) is 13.1 Å². The summed E-state index contributed by atoms with van der Waals surface area (Å²) >= 11 is 6.15. The van der Waals surface area contributed by atoms with Crippen molar-refractivity contribution in [1.82, 2.24) is 0 Å². The third kappa shape index (κ3) is 3.12. The van der Waals surface area contributed by atoms with E-state index in [-0.39, 0.29) is 0 Å². The summed E-state index contributed by atoms with van der Waals surface area (Å²) in [7, 11) is 0. The number of hydrogen-bond acceptors (Lipinski definition) is 1. The van der Waals surface area contributed by atoms with Crippen LogP contribution in [0.15, 0.2) is 0 Å². The summed E-state index contributed by atoms with van der Waals surface area (Å²) in [5, 5.41) is 0.445. The number of nitrogens with one attached hydrogen (secondary N) is 1. The Morgan fingerprint density at radius 3 is 2.56 bits per heavy atom. The predicted molar refractivity (Wildman–Crippen MR) is 68.7 cm³/mol. The SMILES string of the molecule is CC1CCC[NH+](CC2CCC(Cl)CC2)C1N. The van der Waals surface area contributed by atoms with Crippen molar-refractivity contribution >= 4 is 11.6 Å². The Hall–Kier alpha value is 0.210. The fraction of sp³-hybridized carbons (Fsp3) is 1.00. The van der Waals surface area contributed by atoms with Crippen molar-refractivity contribution in [2.24, 2.45) is 17.6 Å². The summed E-state index contributed by atoms with van der Waals surface area (Å²) in [4.78, 5) is 1.65. The number of halogens is 1. The Morgan fingerprint density at radius 2 is 1.88 bits per heavy atom. The molecule has 1 aliphatic heterocycles. The second-order valence-electron chi connectivity index (χ2n) is 5.88. The number of nitrogens with two attached hydrogens (primary N) is 1. The molecule has 2 fully saturated rings. The van der Waals surface area contributed by atoms with Gasteiger partial charge in [-0.3, -0.25) is 5.73 Å². The van der Waals surface area contributed by atoms with Gasteiger partial charge in [0, 0.05) is 17.2 Å². The summed E-state index contributed by atoms with van der Waals surface area (Å²) in [6.07, 6.45) is 8.11. The lowest BCUT2D eigenvalue weighted by molar-refractivity contribution is -0.937. The zero-order valence-corrected chi connectivity index (χ0v) is 11.2. The van der Waals surface area contributed by atoms with Gasteiger partial charge in [-0.2, -0.15) is 0 Å². The number of alkyl halides is 1. The molecule has 1 saturated carbocycles. The molecular formula is C13H26ClN2+. The van der Waals surface area contributed by atoms with E-state index in [1.54, 1.807) is 4.90 Å². The van der Waals surface area contributed by atoms with Crippen LogP contribution in [0, 0.1) is 11.8 Å². The summed E-state index contributed by atoms with van der Waals surface area (Å²) in [6, 6.07) is 0. The molecule has 0 aromatic carbocycles. The highest BCUT2D eigenvalue weighted by Crippen LogP contribution is 2.26. The zero-order chi connectivity index (χ0) is 11.5. The maximum atomic E-state index is 6.30. The normalized spacial score (nSPS) is 45.6. The van der Waals surface area contributed by atoms with E-state index < -0.39 is 0 Å². The van der Waals surface area contributed by atoms with E-state index in [0.717, 1.165) is 5.92 Å². The predicted octanol–water partition coefficient (Wildman–Crippen LogP) is 1.38. The van der Waals surface area contributed by atoms with Gasteiger partial charge in [-0.05, 0) is 38.5 Å². The van der Waals surface area contributed by atoms with Crippen LogP contribution in [0.3, 0.4) is 0 Å². The first-order valence-electron chi connectivity index (χ1n) is 6.91. The molecule has 94 valence electrons. The Balaban J connectivity index is 1.80. The largest absolute Gasteiger partial charge is 0.320 e. The van der Waals surface area contributed by atoms with E-state index in [4.69, 9.17) is 17.3 Å². The summed E-state index contributed by atoms with van der Waals surface area (Å²) in [5.74, 6) is 1.58. The molecule has 1 aliphatic carbocycles. The molecule has 0 amide bonds. The molecule has 0 spiro atoms. The molecule has 16 heavy (non-hydrogen) atoms. The fourth-order valence-electron chi connectivity index (χ4n) is 3.33. The molecule has 3 N–H and O–H groups in total. The molecule has 1 heterocycles. The van der Waals surface area contributed by atoms with Gasteiger partial charge in [0.15, 0.2) is 0 Å². The molecule has 3 heteroatoms. The van der Waals surface area contributed by atoms with Gasteiger partial charge in [-0.25, -0.2) is 0 Å². The van der Waals surface area contributed by atoms with Crippen LogP contribution < -0.4 is 10.6 Å². The van der Waals surface area contributed by atoms with Gasteiger partial charge in [0.2, 0.25) is 0 Å². The minimum atomic E-state index is 0.377. The molecule has 1 saturated heterocycles. The van der Waals surface area contributed by atoms with Crippen LogP contribution in [0.4, 0.5) is 0 Å². The smallest absolute Gasteiger partial charge is 0.141 e. The van der Waals surface area contributed by atoms with Crippen LogP contribution >= 0.6 is 11.6 Å². The van der Waals surface area contributed by atoms with Gasteiger partial charge in [0.25, 0.3) is 0 Å². The van der Waals surface area contributed by atoms with Gasteiger partial charge in [-0.1, -0.05) is 6.92 Å². The Morgan fingerprint density at radius 1 is 1.19 bits per heavy atom. The topological polar surface area (TPSA) is 30.5 Å². The highest BCUT2D eigenvalue weighted by Gasteiger charge is 2.31. The van der Waals surface area contributed by atoms with E-state index >= 15 is 0 Å². The molecule has 0 aromatic heterocycles. The zero-order valence-electron chi connectivity index (χ0n) is 10.4. The quantitative estimate of drug-likeness (QED) is 0.708. The first-order valence-corrected chi connectivity index (χ1v) is 7.34. The molecule has 2 rings (SSSR count). The fourth-order valence-corrected chi connectivity index (χ4v) is 3.59. The van der Waals surface area contributed by atoms with Crippen LogP contribution in [0.1, 0.15) is 45.4 Å². The van der Waals surface area contributed by atoms with E-state index in [1.165, 1.54) is 51.6 Å². The van der Waals surface area contributed by atoms with Gasteiger partial charge < -0.3 is 4.90 Å². The van der Waals surface area contributed by atoms with Gasteiger partial charge >= 0.3 is 0 Å². The third-order valence-electron chi connectivity index (χ3n) is 4.57. The van der Waals surface area contributed by atoms with Crippen molar-refractivity contribution in [3.8, 4) is 0 Å². The van der Waals surface area contributed by atoms with E-state index in [9.17, 15) is 0 Å². The summed E-state index contributed by atoms with van der Waals surface area (Å²) < 4.78 is 0. The van der Waals surface area contributed by atoms with Crippen LogP contribution in [0.25, 0.3) is 0 Å². The van der Waals surface area contributed by atoms with Crippen LogP contribution in [-0.2, 0) is 0 Å². The monoisotopic (exact) mass is 245 g/mol. The number of piperidine rings is 1. The van der Waals surface area contributed by atoms with Gasteiger partial charge in [-0.15, -0.1) is 11.6 Å². The van der Waals surface area contributed by atoms with Crippen molar-refractivity contribution in [1.29, 1.82) is 0 Å². The lowest BCUT2D eigenvalue weighted by Gasteiger charge is -2.37. The highest BCUT2D eigenvalue weighted by molar-refractivity contribution is 6.20. The van der Waals surface area contributed by atoms with Gasteiger partial charge in [0.05, 0.1) is 13.1 Å². The molecule has 2 nitrogen and oxygen atoms in total. The number of rotatable bonds is 2.